The van der Waals surface area contributed by atoms with Gasteiger partial charge in [-0.15, -0.1) is 0 Å². The van der Waals surface area contributed by atoms with Crippen LogP contribution in [0.1, 0.15) is 37.8 Å². The molecule has 0 spiro atoms. The van der Waals surface area contributed by atoms with Crippen molar-refractivity contribution in [2.75, 3.05) is 46.4 Å². The number of hydrogen-bond acceptors (Lipinski definition) is 5. The van der Waals surface area contributed by atoms with Crippen LogP contribution in [0.2, 0.25) is 0 Å². The lowest BCUT2D eigenvalue weighted by molar-refractivity contribution is 0.0320. The third-order valence-corrected chi connectivity index (χ3v) is 4.55. The summed E-state index contributed by atoms with van der Waals surface area (Å²) in [5, 5.41) is 11.0. The van der Waals surface area contributed by atoms with Gasteiger partial charge in [-0.1, -0.05) is 25.9 Å². The molecule has 2 rings (SSSR count). The molecule has 1 aliphatic rings. The summed E-state index contributed by atoms with van der Waals surface area (Å²) in [5.41, 5.74) is 2.19. The summed E-state index contributed by atoms with van der Waals surface area (Å²) in [6.07, 6.45) is 1.73. The van der Waals surface area contributed by atoms with Gasteiger partial charge in [0.15, 0.2) is 5.96 Å². The Kier molecular flexibility index (Phi) is 8.21. The molecular formula is C18H33N5O2. The molecule has 2 N–H and O–H groups in total. The molecule has 1 saturated heterocycles. The predicted octanol–water partition coefficient (Wildman–Crippen LogP) is 1.43. The molecule has 142 valence electrons. The lowest BCUT2D eigenvalue weighted by atomic mass is 10.1. The van der Waals surface area contributed by atoms with Gasteiger partial charge in [0.2, 0.25) is 0 Å². The number of hydrogen-bond donors (Lipinski definition) is 2. The zero-order valence-corrected chi connectivity index (χ0v) is 16.1. The first kappa shape index (κ1) is 19.7. The van der Waals surface area contributed by atoms with Crippen LogP contribution < -0.4 is 10.6 Å². The molecule has 0 aromatic carbocycles. The molecule has 1 atom stereocenters. The fourth-order valence-electron chi connectivity index (χ4n) is 3.09. The summed E-state index contributed by atoms with van der Waals surface area (Å²) in [7, 11) is 1.80. The molecule has 0 aliphatic carbocycles. The molecule has 1 aromatic heterocycles. The molecule has 0 radical (unpaired) electrons. The monoisotopic (exact) mass is 351 g/mol. The molecule has 2 heterocycles. The van der Waals surface area contributed by atoms with Crippen molar-refractivity contribution < 1.29 is 9.26 Å². The second kappa shape index (κ2) is 10.4. The summed E-state index contributed by atoms with van der Waals surface area (Å²) in [6, 6.07) is 0. The molecule has 1 aromatic rings. The topological polar surface area (TPSA) is 74.9 Å². The minimum atomic E-state index is 0.546. The summed E-state index contributed by atoms with van der Waals surface area (Å²) in [4.78, 5) is 6.79. The number of rotatable bonds is 8. The van der Waals surface area contributed by atoms with E-state index in [1.165, 1.54) is 0 Å². The Morgan fingerprint density at radius 1 is 1.24 bits per heavy atom. The van der Waals surface area contributed by atoms with Crippen molar-refractivity contribution in [2.45, 2.75) is 40.2 Å². The molecule has 1 unspecified atom stereocenters. The van der Waals surface area contributed by atoms with Gasteiger partial charge in [-0.05, 0) is 12.3 Å². The average Bonchev–Trinajstić information content (AvgIpc) is 3.04. The largest absolute Gasteiger partial charge is 0.379 e. The highest BCUT2D eigenvalue weighted by Crippen LogP contribution is 2.15. The van der Waals surface area contributed by atoms with E-state index in [-0.39, 0.29) is 0 Å². The molecule has 0 amide bonds. The number of nitrogens with one attached hydrogen (secondary N) is 2. The fourth-order valence-corrected chi connectivity index (χ4v) is 3.09. The van der Waals surface area contributed by atoms with Crippen molar-refractivity contribution in [1.82, 2.24) is 20.7 Å². The molecular weight excluding hydrogens is 318 g/mol. The molecule has 7 heteroatoms. The normalized spacial score (nSPS) is 17.5. The van der Waals surface area contributed by atoms with Gasteiger partial charge >= 0.3 is 0 Å². The Balaban J connectivity index is 1.77. The number of aryl methyl sites for hydroxylation is 2. The summed E-state index contributed by atoms with van der Waals surface area (Å²) in [6.45, 7) is 12.9. The maximum atomic E-state index is 5.42. The Labute approximate surface area is 151 Å². The van der Waals surface area contributed by atoms with E-state index in [1.807, 2.05) is 0 Å². The second-order valence-corrected chi connectivity index (χ2v) is 6.56. The van der Waals surface area contributed by atoms with Gasteiger partial charge in [0.1, 0.15) is 5.76 Å². The summed E-state index contributed by atoms with van der Waals surface area (Å²) < 4.78 is 10.8. The van der Waals surface area contributed by atoms with Gasteiger partial charge in [-0.3, -0.25) is 9.89 Å². The number of guanidine groups is 1. The van der Waals surface area contributed by atoms with Gasteiger partial charge in [0.25, 0.3) is 0 Å². The Morgan fingerprint density at radius 3 is 2.64 bits per heavy atom. The molecule has 0 saturated carbocycles. The minimum Gasteiger partial charge on any atom is -0.379 e. The van der Waals surface area contributed by atoms with E-state index in [2.05, 4.69) is 46.5 Å². The van der Waals surface area contributed by atoms with Gasteiger partial charge in [-0.2, -0.15) is 0 Å². The van der Waals surface area contributed by atoms with E-state index in [0.717, 1.165) is 75.2 Å². The smallest absolute Gasteiger partial charge is 0.191 e. The SMILES string of the molecule is CCc1noc(CC)c1CNC(=NC)NCC(C)CN1CCOCC1. The van der Waals surface area contributed by atoms with E-state index >= 15 is 0 Å². The Morgan fingerprint density at radius 2 is 2.00 bits per heavy atom. The molecule has 0 bridgehead atoms. The maximum absolute atomic E-state index is 5.42. The first-order valence-electron chi connectivity index (χ1n) is 9.38. The van der Waals surface area contributed by atoms with Crippen LogP contribution in [0.3, 0.4) is 0 Å². The van der Waals surface area contributed by atoms with Gasteiger partial charge in [0.05, 0.1) is 18.9 Å². The van der Waals surface area contributed by atoms with Crippen LogP contribution in [0.5, 0.6) is 0 Å². The minimum absolute atomic E-state index is 0.546. The van der Waals surface area contributed by atoms with Crippen LogP contribution in [-0.2, 0) is 24.1 Å². The highest BCUT2D eigenvalue weighted by atomic mass is 16.5. The van der Waals surface area contributed by atoms with Crippen molar-refractivity contribution in [2.24, 2.45) is 10.9 Å². The number of ether oxygens (including phenoxy) is 1. The van der Waals surface area contributed by atoms with Crippen LogP contribution in [0.15, 0.2) is 9.52 Å². The van der Waals surface area contributed by atoms with E-state index < -0.39 is 0 Å². The average molecular weight is 351 g/mol. The third kappa shape index (κ3) is 6.01. The van der Waals surface area contributed by atoms with E-state index in [4.69, 9.17) is 9.26 Å². The van der Waals surface area contributed by atoms with Crippen molar-refractivity contribution >= 4 is 5.96 Å². The van der Waals surface area contributed by atoms with Crippen molar-refractivity contribution in [3.8, 4) is 0 Å². The predicted molar refractivity (Wildman–Crippen MR) is 99.9 cm³/mol. The van der Waals surface area contributed by atoms with Gasteiger partial charge < -0.3 is 19.9 Å². The Bertz CT molecular complexity index is 516. The molecule has 7 nitrogen and oxygen atoms in total. The lowest BCUT2D eigenvalue weighted by Crippen LogP contribution is -2.43. The third-order valence-electron chi connectivity index (χ3n) is 4.55. The molecule has 25 heavy (non-hydrogen) atoms. The second-order valence-electron chi connectivity index (χ2n) is 6.56. The summed E-state index contributed by atoms with van der Waals surface area (Å²) >= 11 is 0. The van der Waals surface area contributed by atoms with Crippen molar-refractivity contribution in [3.63, 3.8) is 0 Å². The van der Waals surface area contributed by atoms with Crippen LogP contribution in [0.25, 0.3) is 0 Å². The van der Waals surface area contributed by atoms with E-state index in [0.29, 0.717) is 12.5 Å². The zero-order chi connectivity index (χ0) is 18.1. The standard InChI is InChI=1S/C18H33N5O2/c1-5-16-15(17(6-2)25-22-16)12-21-18(19-4)20-11-14(3)13-23-7-9-24-10-8-23/h14H,5-13H2,1-4H3,(H2,19,20,21). The number of aromatic nitrogens is 1. The molecule has 1 aliphatic heterocycles. The van der Waals surface area contributed by atoms with Crippen LogP contribution in [0.4, 0.5) is 0 Å². The highest BCUT2D eigenvalue weighted by molar-refractivity contribution is 5.79. The zero-order valence-electron chi connectivity index (χ0n) is 16.1. The lowest BCUT2D eigenvalue weighted by Gasteiger charge is -2.29. The maximum Gasteiger partial charge on any atom is 0.191 e. The first-order chi connectivity index (χ1) is 12.2. The van der Waals surface area contributed by atoms with Gasteiger partial charge in [0, 0.05) is 51.8 Å². The van der Waals surface area contributed by atoms with Crippen LogP contribution >= 0.6 is 0 Å². The first-order valence-corrected chi connectivity index (χ1v) is 9.38. The van der Waals surface area contributed by atoms with Crippen molar-refractivity contribution in [3.05, 3.63) is 17.0 Å². The summed E-state index contributed by atoms with van der Waals surface area (Å²) in [5.74, 6) is 2.32. The van der Waals surface area contributed by atoms with E-state index in [9.17, 15) is 0 Å². The van der Waals surface area contributed by atoms with E-state index in [1.54, 1.807) is 7.05 Å². The van der Waals surface area contributed by atoms with Crippen LogP contribution in [-0.4, -0.2) is 62.5 Å². The fraction of sp³-hybridized carbons (Fsp3) is 0.778. The number of morpholine rings is 1. The van der Waals surface area contributed by atoms with Gasteiger partial charge in [-0.25, -0.2) is 0 Å². The van der Waals surface area contributed by atoms with Crippen LogP contribution in [0, 0.1) is 5.92 Å². The quantitative estimate of drug-likeness (QED) is 0.545. The highest BCUT2D eigenvalue weighted by Gasteiger charge is 2.15. The van der Waals surface area contributed by atoms with Crippen molar-refractivity contribution in [1.29, 1.82) is 0 Å². The molecule has 1 fully saturated rings. The number of nitrogens with zero attached hydrogens (tertiary/aromatic N) is 3. The number of aliphatic imine (C=N–C) groups is 1. The Hall–Kier alpha value is -1.60.